The summed E-state index contributed by atoms with van der Waals surface area (Å²) in [7, 11) is -0.807. The lowest BCUT2D eigenvalue weighted by molar-refractivity contribution is -0.384. The number of nitro benzene ring substituents is 1. The number of hydrogen-bond donors (Lipinski definition) is 2. The van der Waals surface area contributed by atoms with Crippen molar-refractivity contribution in [2.75, 3.05) is 32.1 Å². The third kappa shape index (κ3) is 3.40. The molecule has 0 fully saturated rings. The fourth-order valence-corrected chi connectivity index (χ4v) is 2.32. The van der Waals surface area contributed by atoms with Crippen LogP contribution in [0, 0.1) is 10.1 Å². The number of benzene rings is 1. The van der Waals surface area contributed by atoms with Crippen molar-refractivity contribution >= 4 is 21.4 Å². The van der Waals surface area contributed by atoms with Gasteiger partial charge in [-0.2, -0.15) is 0 Å². The van der Waals surface area contributed by atoms with E-state index in [1.807, 2.05) is 0 Å². The van der Waals surface area contributed by atoms with Crippen molar-refractivity contribution in [2.45, 2.75) is 4.90 Å². The molecule has 1 rings (SSSR count). The molecule has 3 N–H and O–H groups in total. The first-order valence-corrected chi connectivity index (χ1v) is 6.95. The van der Waals surface area contributed by atoms with Crippen LogP contribution in [0.4, 0.5) is 11.4 Å². The van der Waals surface area contributed by atoms with Crippen molar-refractivity contribution in [1.29, 1.82) is 0 Å². The standard InChI is InChI=1S/C10H16N4O4S/c1-12-19(17,18)8-3-4-9(13(2)6-5-11)10(7-8)14(15)16/h3-4,7,12H,5-6,11H2,1-2H3. The van der Waals surface area contributed by atoms with E-state index in [0.29, 0.717) is 18.8 Å². The minimum absolute atomic E-state index is 0.147. The van der Waals surface area contributed by atoms with Crippen LogP contribution in [0.2, 0.25) is 0 Å². The topological polar surface area (TPSA) is 119 Å². The molecular weight excluding hydrogens is 272 g/mol. The molecule has 0 unspecified atom stereocenters. The van der Waals surface area contributed by atoms with E-state index in [0.717, 1.165) is 6.07 Å². The van der Waals surface area contributed by atoms with Crippen molar-refractivity contribution in [1.82, 2.24) is 4.72 Å². The van der Waals surface area contributed by atoms with Gasteiger partial charge in [-0.3, -0.25) is 10.1 Å². The van der Waals surface area contributed by atoms with Gasteiger partial charge in [-0.25, -0.2) is 13.1 Å². The van der Waals surface area contributed by atoms with Gasteiger partial charge in [0.15, 0.2) is 0 Å². The van der Waals surface area contributed by atoms with E-state index < -0.39 is 14.9 Å². The van der Waals surface area contributed by atoms with Crippen LogP contribution in [-0.2, 0) is 10.0 Å². The number of likely N-dealkylation sites (N-methyl/N-ethyl adjacent to an activating group) is 1. The normalized spacial score (nSPS) is 11.3. The Hall–Kier alpha value is -1.71. The van der Waals surface area contributed by atoms with Gasteiger partial charge in [-0.1, -0.05) is 0 Å². The van der Waals surface area contributed by atoms with Gasteiger partial charge < -0.3 is 10.6 Å². The zero-order valence-corrected chi connectivity index (χ0v) is 11.5. The maximum atomic E-state index is 11.6. The van der Waals surface area contributed by atoms with Crippen LogP contribution in [0.15, 0.2) is 23.1 Å². The SMILES string of the molecule is CNS(=O)(=O)c1ccc(N(C)CCN)c([N+](=O)[O-])c1. The number of nitrogens with one attached hydrogen (secondary N) is 1. The second-order valence-electron chi connectivity index (χ2n) is 3.83. The molecule has 0 aliphatic heterocycles. The highest BCUT2D eigenvalue weighted by molar-refractivity contribution is 7.89. The third-order valence-corrected chi connectivity index (χ3v) is 4.01. The maximum Gasteiger partial charge on any atom is 0.293 e. The van der Waals surface area contributed by atoms with Gasteiger partial charge in [-0.05, 0) is 19.2 Å². The number of rotatable bonds is 6. The second-order valence-corrected chi connectivity index (χ2v) is 5.71. The molecule has 0 aliphatic carbocycles. The molecule has 0 aromatic heterocycles. The van der Waals surface area contributed by atoms with Gasteiger partial charge in [0.1, 0.15) is 5.69 Å². The lowest BCUT2D eigenvalue weighted by Crippen LogP contribution is -2.26. The van der Waals surface area contributed by atoms with E-state index in [2.05, 4.69) is 4.72 Å². The van der Waals surface area contributed by atoms with Crippen molar-refractivity contribution in [3.63, 3.8) is 0 Å². The smallest absolute Gasteiger partial charge is 0.293 e. The molecule has 19 heavy (non-hydrogen) atoms. The highest BCUT2D eigenvalue weighted by Gasteiger charge is 2.22. The van der Waals surface area contributed by atoms with Gasteiger partial charge in [0.05, 0.1) is 9.82 Å². The predicted molar refractivity (Wildman–Crippen MR) is 71.7 cm³/mol. The summed E-state index contributed by atoms with van der Waals surface area (Å²) in [5.41, 5.74) is 5.45. The molecule has 0 radical (unpaired) electrons. The summed E-state index contributed by atoms with van der Waals surface area (Å²) in [6.07, 6.45) is 0. The number of nitrogens with two attached hydrogens (primary N) is 1. The predicted octanol–water partition coefficient (Wildman–Crippen LogP) is -0.102. The van der Waals surface area contributed by atoms with E-state index >= 15 is 0 Å². The van der Waals surface area contributed by atoms with Crippen LogP contribution >= 0.6 is 0 Å². The van der Waals surface area contributed by atoms with Crippen LogP contribution in [0.3, 0.4) is 0 Å². The number of nitro groups is 1. The molecule has 0 saturated heterocycles. The average molecular weight is 288 g/mol. The van der Waals surface area contributed by atoms with Gasteiger partial charge in [0.2, 0.25) is 10.0 Å². The Bertz CT molecular complexity index is 573. The van der Waals surface area contributed by atoms with Gasteiger partial charge in [-0.15, -0.1) is 0 Å². The Labute approximate surface area is 111 Å². The van der Waals surface area contributed by atoms with Crippen molar-refractivity contribution in [3.05, 3.63) is 28.3 Å². The molecule has 0 amide bonds. The van der Waals surface area contributed by atoms with E-state index in [9.17, 15) is 18.5 Å². The summed E-state index contributed by atoms with van der Waals surface area (Å²) in [6.45, 7) is 0.767. The quantitative estimate of drug-likeness (QED) is 0.557. The summed E-state index contributed by atoms with van der Waals surface area (Å²) in [5, 5.41) is 11.0. The van der Waals surface area contributed by atoms with Crippen molar-refractivity contribution in [3.8, 4) is 0 Å². The third-order valence-electron chi connectivity index (χ3n) is 2.60. The summed E-state index contributed by atoms with van der Waals surface area (Å²) < 4.78 is 25.3. The van der Waals surface area contributed by atoms with E-state index in [4.69, 9.17) is 5.73 Å². The lowest BCUT2D eigenvalue weighted by Gasteiger charge is -2.18. The van der Waals surface area contributed by atoms with Crippen molar-refractivity contribution < 1.29 is 13.3 Å². The first-order valence-electron chi connectivity index (χ1n) is 5.46. The monoisotopic (exact) mass is 288 g/mol. The minimum Gasteiger partial charge on any atom is -0.368 e. The Morgan fingerprint density at radius 1 is 1.47 bits per heavy atom. The highest BCUT2D eigenvalue weighted by atomic mass is 32.2. The zero-order valence-electron chi connectivity index (χ0n) is 10.7. The molecule has 1 aromatic rings. The molecular formula is C10H16N4O4S. The molecule has 0 aliphatic rings. The van der Waals surface area contributed by atoms with E-state index in [1.165, 1.54) is 19.2 Å². The van der Waals surface area contributed by atoms with Crippen LogP contribution in [0.1, 0.15) is 0 Å². The summed E-state index contributed by atoms with van der Waals surface area (Å²) in [6, 6.07) is 3.76. The summed E-state index contributed by atoms with van der Waals surface area (Å²) in [5.74, 6) is 0. The molecule has 8 nitrogen and oxygen atoms in total. The van der Waals surface area contributed by atoms with Crippen molar-refractivity contribution in [2.24, 2.45) is 5.73 Å². The molecule has 0 heterocycles. The summed E-state index contributed by atoms with van der Waals surface area (Å²) in [4.78, 5) is 11.9. The number of sulfonamides is 1. The van der Waals surface area contributed by atoms with Gasteiger partial charge >= 0.3 is 0 Å². The average Bonchev–Trinajstić information content (AvgIpc) is 2.38. The highest BCUT2D eigenvalue weighted by Crippen LogP contribution is 2.29. The zero-order chi connectivity index (χ0) is 14.6. The lowest BCUT2D eigenvalue weighted by atomic mass is 10.2. The molecule has 9 heteroatoms. The summed E-state index contributed by atoms with van der Waals surface area (Å²) >= 11 is 0. The Kier molecular flexibility index (Phi) is 4.81. The van der Waals surface area contributed by atoms with Gasteiger partial charge in [0.25, 0.3) is 5.69 Å². The van der Waals surface area contributed by atoms with Crippen LogP contribution in [-0.4, -0.2) is 40.5 Å². The molecule has 0 spiro atoms. The Balaban J connectivity index is 3.35. The molecule has 1 aromatic carbocycles. The fourth-order valence-electron chi connectivity index (χ4n) is 1.57. The van der Waals surface area contributed by atoms with Crippen LogP contribution in [0.5, 0.6) is 0 Å². The molecule has 0 bridgehead atoms. The molecule has 0 atom stereocenters. The number of nitrogens with zero attached hydrogens (tertiary/aromatic N) is 2. The Morgan fingerprint density at radius 3 is 2.58 bits per heavy atom. The fraction of sp³-hybridized carbons (Fsp3) is 0.400. The first-order chi connectivity index (χ1) is 8.83. The molecule has 106 valence electrons. The molecule has 0 saturated carbocycles. The number of anilines is 1. The first kappa shape index (κ1) is 15.3. The minimum atomic E-state index is -3.71. The maximum absolute atomic E-state index is 11.6. The second kappa shape index (κ2) is 5.95. The van der Waals surface area contributed by atoms with Gasteiger partial charge in [0, 0.05) is 26.2 Å². The Morgan fingerprint density at radius 2 is 2.11 bits per heavy atom. The van der Waals surface area contributed by atoms with Crippen LogP contribution in [0.25, 0.3) is 0 Å². The largest absolute Gasteiger partial charge is 0.368 e. The van der Waals surface area contributed by atoms with E-state index in [-0.39, 0.29) is 10.6 Å². The number of hydrogen-bond acceptors (Lipinski definition) is 6. The van der Waals surface area contributed by atoms with Crippen LogP contribution < -0.4 is 15.4 Å². The van der Waals surface area contributed by atoms with E-state index in [1.54, 1.807) is 11.9 Å².